The Bertz CT molecular complexity index is 460. The van der Waals surface area contributed by atoms with Gasteiger partial charge in [0.15, 0.2) is 0 Å². The van der Waals surface area contributed by atoms with Crippen molar-refractivity contribution in [2.45, 2.75) is 37.8 Å². The van der Waals surface area contributed by atoms with Gasteiger partial charge in [0.2, 0.25) is 5.91 Å². The number of carbonyl (C=O) groups excluding carboxylic acids is 1. The average molecular weight is 289 g/mol. The van der Waals surface area contributed by atoms with E-state index in [2.05, 4.69) is 10.3 Å². The molecule has 21 heavy (non-hydrogen) atoms. The number of pyridine rings is 1. The first-order chi connectivity index (χ1) is 10.3. The molecule has 0 aromatic carbocycles. The highest BCUT2D eigenvalue weighted by Gasteiger charge is 2.28. The van der Waals surface area contributed by atoms with Crippen LogP contribution in [0.4, 0.5) is 0 Å². The molecule has 2 saturated heterocycles. The Labute approximate surface area is 125 Å². The second kappa shape index (κ2) is 7.00. The number of carbonyl (C=O) groups is 1. The van der Waals surface area contributed by atoms with Gasteiger partial charge in [0.05, 0.1) is 12.1 Å². The summed E-state index contributed by atoms with van der Waals surface area (Å²) in [5.74, 6) is 0.237. The highest BCUT2D eigenvalue weighted by molar-refractivity contribution is 5.77. The van der Waals surface area contributed by atoms with Gasteiger partial charge in [0, 0.05) is 45.1 Å². The van der Waals surface area contributed by atoms with Crippen LogP contribution in [0, 0.1) is 0 Å². The monoisotopic (exact) mass is 289 g/mol. The Morgan fingerprint density at radius 2 is 2.48 bits per heavy atom. The number of hydrogen-bond acceptors (Lipinski definition) is 4. The van der Waals surface area contributed by atoms with E-state index >= 15 is 0 Å². The summed E-state index contributed by atoms with van der Waals surface area (Å²) in [4.78, 5) is 18.7. The number of nitrogens with one attached hydrogen (secondary N) is 1. The van der Waals surface area contributed by atoms with Gasteiger partial charge in [-0.1, -0.05) is 6.07 Å². The third-order valence-corrected chi connectivity index (χ3v) is 4.34. The second-order valence-electron chi connectivity index (χ2n) is 5.77. The van der Waals surface area contributed by atoms with Gasteiger partial charge in [-0.15, -0.1) is 0 Å². The fraction of sp³-hybridized carbons (Fsp3) is 0.625. The van der Waals surface area contributed by atoms with Crippen LogP contribution in [0.15, 0.2) is 24.5 Å². The summed E-state index contributed by atoms with van der Waals surface area (Å²) in [6, 6.07) is 4.08. The van der Waals surface area contributed by atoms with Crippen molar-refractivity contribution in [3.63, 3.8) is 0 Å². The summed E-state index contributed by atoms with van der Waals surface area (Å²) in [5, 5.41) is 3.37. The van der Waals surface area contributed by atoms with E-state index in [4.69, 9.17) is 4.74 Å². The van der Waals surface area contributed by atoms with Crippen molar-refractivity contribution < 1.29 is 9.53 Å². The van der Waals surface area contributed by atoms with E-state index in [0.717, 1.165) is 51.1 Å². The fourth-order valence-electron chi connectivity index (χ4n) is 3.17. The highest BCUT2D eigenvalue weighted by atomic mass is 16.5. The molecule has 1 aromatic heterocycles. The number of nitrogens with zero attached hydrogens (tertiary/aromatic N) is 2. The van der Waals surface area contributed by atoms with Crippen LogP contribution >= 0.6 is 0 Å². The number of rotatable bonds is 4. The van der Waals surface area contributed by atoms with Gasteiger partial charge in [-0.05, 0) is 30.9 Å². The van der Waals surface area contributed by atoms with Gasteiger partial charge >= 0.3 is 0 Å². The molecule has 5 nitrogen and oxygen atoms in total. The molecule has 114 valence electrons. The lowest BCUT2D eigenvalue weighted by Crippen LogP contribution is -2.48. The minimum atomic E-state index is 0.101. The molecule has 1 amide bonds. The lowest BCUT2D eigenvalue weighted by Gasteiger charge is -2.36. The number of aromatic nitrogens is 1. The first-order valence-corrected chi connectivity index (χ1v) is 7.86. The molecule has 0 radical (unpaired) electrons. The molecule has 5 heteroatoms. The first kappa shape index (κ1) is 14.5. The predicted molar refractivity (Wildman–Crippen MR) is 79.8 cm³/mol. The number of hydrogen-bond donors (Lipinski definition) is 1. The third kappa shape index (κ3) is 3.60. The summed E-state index contributed by atoms with van der Waals surface area (Å²) < 4.78 is 5.61. The largest absolute Gasteiger partial charge is 0.378 e. The zero-order chi connectivity index (χ0) is 14.5. The van der Waals surface area contributed by atoms with E-state index < -0.39 is 0 Å². The molecule has 1 N–H and O–H groups in total. The molecule has 0 aliphatic carbocycles. The zero-order valence-electron chi connectivity index (χ0n) is 12.3. The van der Waals surface area contributed by atoms with Crippen molar-refractivity contribution in [1.82, 2.24) is 15.2 Å². The van der Waals surface area contributed by atoms with Gasteiger partial charge in [0.1, 0.15) is 0 Å². The summed E-state index contributed by atoms with van der Waals surface area (Å²) in [5.41, 5.74) is 1.11. The van der Waals surface area contributed by atoms with E-state index in [1.54, 1.807) is 6.20 Å². The van der Waals surface area contributed by atoms with Crippen LogP contribution in [0.2, 0.25) is 0 Å². The van der Waals surface area contributed by atoms with E-state index in [1.165, 1.54) is 0 Å². The molecule has 3 rings (SSSR count). The Morgan fingerprint density at radius 1 is 1.52 bits per heavy atom. The molecule has 1 aromatic rings. The van der Waals surface area contributed by atoms with Crippen LogP contribution in [0.25, 0.3) is 0 Å². The average Bonchev–Trinajstić information content (AvgIpc) is 3.07. The van der Waals surface area contributed by atoms with Crippen LogP contribution in [-0.4, -0.2) is 48.1 Å². The molecule has 2 aliphatic heterocycles. The van der Waals surface area contributed by atoms with Crippen molar-refractivity contribution >= 4 is 5.91 Å². The Morgan fingerprint density at radius 3 is 3.24 bits per heavy atom. The topological polar surface area (TPSA) is 54.5 Å². The van der Waals surface area contributed by atoms with Gasteiger partial charge < -0.3 is 15.0 Å². The smallest absolute Gasteiger partial charge is 0.223 e. The van der Waals surface area contributed by atoms with Crippen LogP contribution in [-0.2, 0) is 9.53 Å². The van der Waals surface area contributed by atoms with Crippen molar-refractivity contribution in [3.05, 3.63) is 30.1 Å². The summed E-state index contributed by atoms with van der Waals surface area (Å²) in [6.45, 7) is 3.29. The van der Waals surface area contributed by atoms with Crippen LogP contribution in [0.1, 0.15) is 37.3 Å². The molecule has 2 fully saturated rings. The van der Waals surface area contributed by atoms with E-state index in [9.17, 15) is 4.79 Å². The molecule has 0 spiro atoms. The zero-order valence-corrected chi connectivity index (χ0v) is 12.3. The summed E-state index contributed by atoms with van der Waals surface area (Å²) >= 11 is 0. The number of amides is 1. The first-order valence-electron chi connectivity index (χ1n) is 7.86. The van der Waals surface area contributed by atoms with E-state index in [-0.39, 0.29) is 18.1 Å². The normalized spacial score (nSPS) is 26.0. The summed E-state index contributed by atoms with van der Waals surface area (Å²) in [7, 11) is 0. The van der Waals surface area contributed by atoms with Crippen molar-refractivity contribution in [2.75, 3.05) is 26.2 Å². The molecule has 0 saturated carbocycles. The Balaban J connectivity index is 1.61. The van der Waals surface area contributed by atoms with E-state index in [0.29, 0.717) is 6.42 Å². The van der Waals surface area contributed by atoms with Gasteiger partial charge in [-0.3, -0.25) is 9.78 Å². The van der Waals surface area contributed by atoms with Crippen LogP contribution in [0.3, 0.4) is 0 Å². The number of ether oxygens (including phenoxy) is 1. The summed E-state index contributed by atoms with van der Waals surface area (Å²) in [6.07, 6.45) is 7.57. The van der Waals surface area contributed by atoms with Crippen molar-refractivity contribution in [2.24, 2.45) is 0 Å². The van der Waals surface area contributed by atoms with Crippen molar-refractivity contribution in [1.29, 1.82) is 0 Å². The molecule has 2 atom stereocenters. The van der Waals surface area contributed by atoms with Crippen LogP contribution < -0.4 is 5.32 Å². The molecular formula is C16H23N3O2. The molecule has 0 bridgehead atoms. The second-order valence-corrected chi connectivity index (χ2v) is 5.77. The molecule has 2 unspecified atom stereocenters. The lowest BCUT2D eigenvalue weighted by atomic mass is 10.0. The maximum Gasteiger partial charge on any atom is 0.223 e. The lowest BCUT2D eigenvalue weighted by molar-refractivity contribution is -0.135. The van der Waals surface area contributed by atoms with Gasteiger partial charge in [0.25, 0.3) is 0 Å². The predicted octanol–water partition coefficient (Wildman–Crippen LogP) is 1.51. The minimum Gasteiger partial charge on any atom is -0.378 e. The highest BCUT2D eigenvalue weighted by Crippen LogP contribution is 2.24. The van der Waals surface area contributed by atoms with Crippen LogP contribution in [0.5, 0.6) is 0 Å². The maximum absolute atomic E-state index is 12.6. The van der Waals surface area contributed by atoms with E-state index in [1.807, 2.05) is 23.2 Å². The number of piperazine rings is 1. The minimum absolute atomic E-state index is 0.101. The SMILES string of the molecule is O=C(CCC1CCCO1)N1CCNCC1c1cccnc1. The maximum atomic E-state index is 12.6. The van der Waals surface area contributed by atoms with Gasteiger partial charge in [-0.25, -0.2) is 0 Å². The van der Waals surface area contributed by atoms with Gasteiger partial charge in [-0.2, -0.15) is 0 Å². The third-order valence-electron chi connectivity index (χ3n) is 4.34. The quantitative estimate of drug-likeness (QED) is 0.913. The Kier molecular flexibility index (Phi) is 4.83. The van der Waals surface area contributed by atoms with Crippen molar-refractivity contribution in [3.8, 4) is 0 Å². The molecule has 2 aliphatic rings. The molecule has 3 heterocycles. The fourth-order valence-corrected chi connectivity index (χ4v) is 3.17. The molecular weight excluding hydrogens is 266 g/mol. The standard InChI is InChI=1S/C16H23N3O2/c20-16(6-5-14-4-2-10-21-14)19-9-8-18-12-15(19)13-3-1-7-17-11-13/h1,3,7,11,14-15,18H,2,4-6,8-10,12H2. The Hall–Kier alpha value is -1.46.